The number of nitriles is 1. The summed E-state index contributed by atoms with van der Waals surface area (Å²) in [6.07, 6.45) is 0. The maximum Gasteiger partial charge on any atom is 0.0587 e. The van der Waals surface area contributed by atoms with Gasteiger partial charge in [0.05, 0.1) is 6.07 Å². The van der Waals surface area contributed by atoms with Crippen LogP contribution < -0.4 is 6.15 Å². The van der Waals surface area contributed by atoms with Crippen LogP contribution in [0.1, 0.15) is 6.92 Å². The minimum Gasteiger partial charge on any atom is -0.400 e. The van der Waals surface area contributed by atoms with E-state index in [4.69, 9.17) is 10.4 Å². The van der Waals surface area contributed by atoms with Gasteiger partial charge in [0.1, 0.15) is 0 Å². The fourth-order valence-electron chi connectivity index (χ4n) is 0. The van der Waals surface area contributed by atoms with Crippen molar-refractivity contribution < 1.29 is 5.11 Å². The second-order valence-electron chi connectivity index (χ2n) is 0.224. The Labute approximate surface area is 37.8 Å². The molecule has 0 aliphatic carbocycles. The van der Waals surface area contributed by atoms with E-state index in [-0.39, 0.29) is 6.15 Å². The first-order valence-corrected chi connectivity index (χ1v) is 1.17. The molecule has 6 heavy (non-hydrogen) atoms. The molecule has 0 spiro atoms. The van der Waals surface area contributed by atoms with Gasteiger partial charge in [-0.15, -0.1) is 0 Å². The van der Waals surface area contributed by atoms with E-state index in [0.29, 0.717) is 0 Å². The molecule has 0 amide bonds. The first-order chi connectivity index (χ1) is 2.41. The smallest absolute Gasteiger partial charge is 0.0587 e. The van der Waals surface area contributed by atoms with Crippen LogP contribution in [0.4, 0.5) is 0 Å². The number of nitrogens with zero attached hydrogens (tertiary/aromatic N) is 1. The monoisotopic (exact) mass is 90.1 g/mol. The Balaban J connectivity index is -0.0000000275. The van der Waals surface area contributed by atoms with Gasteiger partial charge < -0.3 is 11.3 Å². The molecule has 0 rings (SSSR count). The number of aliphatic hydroxyl groups excluding tert-OH is 1. The lowest BCUT2D eigenvalue weighted by Gasteiger charge is -1.21. The molecule has 3 nitrogen and oxygen atoms in total. The SMILES string of the molecule is CC#N.CO.N. The van der Waals surface area contributed by atoms with E-state index in [0.717, 1.165) is 7.11 Å². The third kappa shape index (κ3) is 56.9. The standard InChI is InChI=1S/C2H3N.CH4O.H3N/c1-2-3;1-2;/h1H3;2H,1H3;1H3. The Morgan fingerprint density at radius 2 is 1.50 bits per heavy atom. The molecule has 0 bridgehead atoms. The molecule has 0 radical (unpaired) electrons. The predicted octanol–water partition coefficient (Wildman–Crippen LogP) is 0.300. The van der Waals surface area contributed by atoms with Gasteiger partial charge in [-0.3, -0.25) is 0 Å². The first-order valence-electron chi connectivity index (χ1n) is 1.17. The zero-order valence-corrected chi connectivity index (χ0v) is 4.10. The van der Waals surface area contributed by atoms with Gasteiger partial charge in [0.2, 0.25) is 0 Å². The van der Waals surface area contributed by atoms with E-state index in [1.54, 1.807) is 6.07 Å². The van der Waals surface area contributed by atoms with Crippen LogP contribution in [-0.2, 0) is 0 Å². The zero-order valence-electron chi connectivity index (χ0n) is 4.10. The zero-order chi connectivity index (χ0) is 4.71. The van der Waals surface area contributed by atoms with E-state index < -0.39 is 0 Å². The third-order valence-corrected chi connectivity index (χ3v) is 0. The predicted molar refractivity (Wildman–Crippen MR) is 24.5 cm³/mol. The largest absolute Gasteiger partial charge is 0.400 e. The van der Waals surface area contributed by atoms with Crippen molar-refractivity contribution in [1.29, 1.82) is 5.26 Å². The molecule has 3 heteroatoms. The van der Waals surface area contributed by atoms with Crippen LogP contribution in [0.15, 0.2) is 0 Å². The highest BCUT2D eigenvalue weighted by Crippen LogP contribution is 1.21. The van der Waals surface area contributed by atoms with Crippen LogP contribution in [0.5, 0.6) is 0 Å². The average molecular weight is 90.1 g/mol. The minimum absolute atomic E-state index is 0. The molecule has 0 aromatic heterocycles. The van der Waals surface area contributed by atoms with E-state index in [9.17, 15) is 0 Å². The van der Waals surface area contributed by atoms with E-state index in [1.807, 2.05) is 0 Å². The van der Waals surface area contributed by atoms with Gasteiger partial charge in [-0.1, -0.05) is 0 Å². The van der Waals surface area contributed by atoms with Crippen LogP contribution in [-0.4, -0.2) is 12.2 Å². The van der Waals surface area contributed by atoms with E-state index in [2.05, 4.69) is 0 Å². The average Bonchev–Trinajstić information content (AvgIpc) is 1.46. The highest BCUT2D eigenvalue weighted by Gasteiger charge is 1.17. The van der Waals surface area contributed by atoms with Gasteiger partial charge in [-0.25, -0.2) is 0 Å². The van der Waals surface area contributed by atoms with Crippen molar-refractivity contribution in [3.05, 3.63) is 0 Å². The molecular weight excluding hydrogens is 80.0 g/mol. The lowest BCUT2D eigenvalue weighted by atomic mass is 11.0. The van der Waals surface area contributed by atoms with Crippen molar-refractivity contribution in [2.45, 2.75) is 6.92 Å². The van der Waals surface area contributed by atoms with Crippen molar-refractivity contribution in [2.24, 2.45) is 0 Å². The molecule has 0 aliphatic rings. The van der Waals surface area contributed by atoms with Crippen LogP contribution in [0, 0.1) is 11.3 Å². The van der Waals surface area contributed by atoms with E-state index >= 15 is 0 Å². The summed E-state index contributed by atoms with van der Waals surface area (Å²) in [5.74, 6) is 0. The van der Waals surface area contributed by atoms with Crippen molar-refractivity contribution in [1.82, 2.24) is 6.15 Å². The van der Waals surface area contributed by atoms with Gasteiger partial charge >= 0.3 is 0 Å². The molecule has 0 saturated carbocycles. The first kappa shape index (κ1) is 18.1. The molecule has 0 heterocycles. The highest BCUT2D eigenvalue weighted by molar-refractivity contribution is 4.51. The Morgan fingerprint density at radius 1 is 1.50 bits per heavy atom. The van der Waals surface area contributed by atoms with Gasteiger partial charge in [-0.2, -0.15) is 5.26 Å². The summed E-state index contributed by atoms with van der Waals surface area (Å²) in [5, 5.41) is 14.3. The molecule has 0 saturated heterocycles. The lowest BCUT2D eigenvalue weighted by molar-refractivity contribution is 0.399. The highest BCUT2D eigenvalue weighted by atomic mass is 16.2. The van der Waals surface area contributed by atoms with Crippen molar-refractivity contribution in [3.8, 4) is 6.07 Å². The molecule has 0 aromatic rings. The van der Waals surface area contributed by atoms with Crippen molar-refractivity contribution in [3.63, 3.8) is 0 Å². The topological polar surface area (TPSA) is 79.0 Å². The minimum atomic E-state index is 0. The summed E-state index contributed by atoms with van der Waals surface area (Å²) in [6.45, 7) is 1.43. The second-order valence-corrected chi connectivity index (χ2v) is 0.224. The fourth-order valence-corrected chi connectivity index (χ4v) is 0. The molecule has 0 aromatic carbocycles. The molecule has 0 fully saturated rings. The van der Waals surface area contributed by atoms with Gasteiger partial charge in [0.25, 0.3) is 0 Å². The molecule has 38 valence electrons. The molecular formula is C3H10N2O. The molecule has 4 N–H and O–H groups in total. The van der Waals surface area contributed by atoms with Gasteiger partial charge in [-0.05, 0) is 0 Å². The molecule has 0 unspecified atom stereocenters. The van der Waals surface area contributed by atoms with Crippen LogP contribution in [0.2, 0.25) is 0 Å². The summed E-state index contributed by atoms with van der Waals surface area (Å²) in [6, 6.07) is 1.75. The fraction of sp³-hybridized carbons (Fsp3) is 0.667. The molecule has 0 aliphatic heterocycles. The van der Waals surface area contributed by atoms with E-state index in [1.165, 1.54) is 6.92 Å². The van der Waals surface area contributed by atoms with Crippen molar-refractivity contribution >= 4 is 0 Å². The summed E-state index contributed by atoms with van der Waals surface area (Å²) >= 11 is 0. The normalized spacial score (nSPS) is 2.33. The summed E-state index contributed by atoms with van der Waals surface area (Å²) in [7, 11) is 1.00. The summed E-state index contributed by atoms with van der Waals surface area (Å²) in [5.41, 5.74) is 0. The lowest BCUT2D eigenvalue weighted by Crippen LogP contribution is -1.25. The Bertz CT molecular complexity index is 30.3. The van der Waals surface area contributed by atoms with Gasteiger partial charge in [0.15, 0.2) is 0 Å². The quantitative estimate of drug-likeness (QED) is 0.449. The number of aliphatic hydroxyl groups is 1. The van der Waals surface area contributed by atoms with Crippen molar-refractivity contribution in [2.75, 3.05) is 7.11 Å². The van der Waals surface area contributed by atoms with Crippen LogP contribution in [0.25, 0.3) is 0 Å². The number of hydrogen-bond acceptors (Lipinski definition) is 3. The second kappa shape index (κ2) is 305. The Hall–Kier alpha value is -0.590. The Kier molecular flexibility index (Phi) is 921. The van der Waals surface area contributed by atoms with Crippen LogP contribution >= 0.6 is 0 Å². The van der Waals surface area contributed by atoms with Crippen LogP contribution in [0.3, 0.4) is 0 Å². The number of hydrogen-bond donors (Lipinski definition) is 2. The molecule has 0 atom stereocenters. The number of rotatable bonds is 0. The maximum atomic E-state index is 7.32. The third-order valence-electron chi connectivity index (χ3n) is 0. The maximum absolute atomic E-state index is 7.32. The van der Waals surface area contributed by atoms with Gasteiger partial charge in [0, 0.05) is 14.0 Å². The Morgan fingerprint density at radius 3 is 1.50 bits per heavy atom. The summed E-state index contributed by atoms with van der Waals surface area (Å²) in [4.78, 5) is 0. The summed E-state index contributed by atoms with van der Waals surface area (Å²) < 4.78 is 0.